The van der Waals surface area contributed by atoms with Crippen molar-refractivity contribution in [3.8, 4) is 5.75 Å². The monoisotopic (exact) mass is 363 g/mol. The molecule has 0 aliphatic rings. The minimum atomic E-state index is 0.0478. The van der Waals surface area contributed by atoms with Crippen molar-refractivity contribution in [2.45, 2.75) is 19.1 Å². The van der Waals surface area contributed by atoms with Crippen LogP contribution in [-0.4, -0.2) is 25.3 Å². The summed E-state index contributed by atoms with van der Waals surface area (Å²) in [5.74, 6) is 2.70. The van der Waals surface area contributed by atoms with Crippen LogP contribution in [0.4, 0.5) is 0 Å². The van der Waals surface area contributed by atoms with Gasteiger partial charge in [0.05, 0.1) is 13.5 Å². The summed E-state index contributed by atoms with van der Waals surface area (Å²) in [4.78, 5) is 12.0. The molecule has 3 nitrogen and oxygen atoms in total. The highest BCUT2D eigenvalue weighted by molar-refractivity contribution is 7.98. The van der Waals surface area contributed by atoms with Gasteiger partial charge in [-0.3, -0.25) is 4.79 Å². The van der Waals surface area contributed by atoms with Gasteiger partial charge in [-0.25, -0.2) is 0 Å². The molecule has 0 fully saturated rings. The maximum absolute atomic E-state index is 12.0. The molecule has 2 rings (SSSR count). The first-order valence-corrected chi connectivity index (χ1v) is 9.34. The van der Waals surface area contributed by atoms with E-state index in [1.807, 2.05) is 49.4 Å². The second-order valence-electron chi connectivity index (χ2n) is 5.51. The number of carbonyl (C=O) groups excluding carboxylic acids is 1. The fraction of sp³-hybridized carbons (Fsp3) is 0.316. The molecule has 0 unspecified atom stereocenters. The Hall–Kier alpha value is -1.65. The number of amides is 1. The molecule has 0 bridgehead atoms. The van der Waals surface area contributed by atoms with Crippen LogP contribution in [0.1, 0.15) is 16.7 Å². The van der Waals surface area contributed by atoms with Gasteiger partial charge in [0.25, 0.3) is 0 Å². The van der Waals surface area contributed by atoms with Crippen LogP contribution in [0.5, 0.6) is 5.75 Å². The minimum absolute atomic E-state index is 0.0478. The number of carbonyl (C=O) groups is 1. The zero-order valence-electron chi connectivity index (χ0n) is 14.0. The Morgan fingerprint density at radius 2 is 1.88 bits per heavy atom. The second-order valence-corrected chi connectivity index (χ2v) is 7.05. The largest absolute Gasteiger partial charge is 0.496 e. The molecule has 0 spiro atoms. The summed E-state index contributed by atoms with van der Waals surface area (Å²) in [5.41, 5.74) is 3.28. The quantitative estimate of drug-likeness (QED) is 0.712. The van der Waals surface area contributed by atoms with Crippen molar-refractivity contribution in [1.29, 1.82) is 0 Å². The molecule has 0 aliphatic carbocycles. The number of aryl methyl sites for hydroxylation is 1. The average molecular weight is 364 g/mol. The highest BCUT2D eigenvalue weighted by Crippen LogP contribution is 2.19. The average Bonchev–Trinajstić information content (AvgIpc) is 2.56. The van der Waals surface area contributed by atoms with Crippen molar-refractivity contribution in [3.63, 3.8) is 0 Å². The zero-order valence-corrected chi connectivity index (χ0v) is 15.5. The molecule has 0 aliphatic heterocycles. The fourth-order valence-electron chi connectivity index (χ4n) is 2.33. The van der Waals surface area contributed by atoms with Crippen LogP contribution >= 0.6 is 23.4 Å². The smallest absolute Gasteiger partial charge is 0.224 e. The van der Waals surface area contributed by atoms with E-state index in [2.05, 4.69) is 5.32 Å². The summed E-state index contributed by atoms with van der Waals surface area (Å²) >= 11 is 7.66. The third kappa shape index (κ3) is 6.10. The van der Waals surface area contributed by atoms with Crippen molar-refractivity contribution in [2.75, 3.05) is 19.4 Å². The van der Waals surface area contributed by atoms with E-state index in [4.69, 9.17) is 16.3 Å². The molecular formula is C19H22ClNO2S. The Morgan fingerprint density at radius 3 is 2.54 bits per heavy atom. The predicted molar refractivity (Wildman–Crippen MR) is 102 cm³/mol. The highest BCUT2D eigenvalue weighted by atomic mass is 35.5. The van der Waals surface area contributed by atoms with Gasteiger partial charge in [-0.15, -0.1) is 0 Å². The Labute approximate surface area is 152 Å². The summed E-state index contributed by atoms with van der Waals surface area (Å²) in [6, 6.07) is 13.7. The molecule has 0 saturated heterocycles. The SMILES string of the molecule is COc1ccc(CC(=O)NCCSCc2ccc(Cl)cc2)cc1C. The molecule has 1 N–H and O–H groups in total. The van der Waals surface area contributed by atoms with Crippen LogP contribution < -0.4 is 10.1 Å². The van der Waals surface area contributed by atoms with Crippen molar-refractivity contribution >= 4 is 29.3 Å². The van der Waals surface area contributed by atoms with E-state index < -0.39 is 0 Å². The summed E-state index contributed by atoms with van der Waals surface area (Å²) in [6.45, 7) is 2.65. The molecule has 0 heterocycles. The third-order valence-electron chi connectivity index (χ3n) is 3.57. The molecule has 5 heteroatoms. The topological polar surface area (TPSA) is 38.3 Å². The van der Waals surface area contributed by atoms with Crippen LogP contribution in [-0.2, 0) is 17.0 Å². The molecule has 2 aromatic carbocycles. The van der Waals surface area contributed by atoms with E-state index in [-0.39, 0.29) is 5.91 Å². The van der Waals surface area contributed by atoms with Crippen LogP contribution in [0, 0.1) is 6.92 Å². The van der Waals surface area contributed by atoms with Gasteiger partial charge in [0.1, 0.15) is 5.75 Å². The number of hydrogen-bond donors (Lipinski definition) is 1. The molecule has 0 saturated carbocycles. The first kappa shape index (κ1) is 18.7. The van der Waals surface area contributed by atoms with E-state index >= 15 is 0 Å². The first-order valence-electron chi connectivity index (χ1n) is 7.81. The number of rotatable bonds is 8. The highest BCUT2D eigenvalue weighted by Gasteiger charge is 2.05. The lowest BCUT2D eigenvalue weighted by Gasteiger charge is -2.08. The van der Waals surface area contributed by atoms with Crippen molar-refractivity contribution in [1.82, 2.24) is 5.32 Å². The Kier molecular flexibility index (Phi) is 7.47. The Balaban J connectivity index is 1.66. The van der Waals surface area contributed by atoms with E-state index in [9.17, 15) is 4.79 Å². The molecular weight excluding hydrogens is 342 g/mol. The molecule has 1 amide bonds. The first-order chi connectivity index (χ1) is 11.6. The van der Waals surface area contributed by atoms with Gasteiger partial charge in [-0.1, -0.05) is 35.9 Å². The molecule has 24 heavy (non-hydrogen) atoms. The lowest BCUT2D eigenvalue weighted by atomic mass is 10.1. The zero-order chi connectivity index (χ0) is 17.4. The van der Waals surface area contributed by atoms with E-state index in [0.29, 0.717) is 13.0 Å². The van der Waals surface area contributed by atoms with Gasteiger partial charge in [0, 0.05) is 23.1 Å². The summed E-state index contributed by atoms with van der Waals surface area (Å²) < 4.78 is 5.23. The van der Waals surface area contributed by atoms with Crippen LogP contribution in [0.3, 0.4) is 0 Å². The third-order valence-corrected chi connectivity index (χ3v) is 4.86. The predicted octanol–water partition coefficient (Wildman–Crippen LogP) is 4.25. The van der Waals surface area contributed by atoms with Crippen molar-refractivity contribution in [2.24, 2.45) is 0 Å². The number of thioether (sulfide) groups is 1. The second kappa shape index (κ2) is 9.60. The van der Waals surface area contributed by atoms with Gasteiger partial charge in [0.15, 0.2) is 0 Å². The number of benzene rings is 2. The van der Waals surface area contributed by atoms with Crippen LogP contribution in [0.25, 0.3) is 0 Å². The van der Waals surface area contributed by atoms with Crippen molar-refractivity contribution in [3.05, 3.63) is 64.2 Å². The number of nitrogens with one attached hydrogen (secondary N) is 1. The summed E-state index contributed by atoms with van der Waals surface area (Å²) in [6.07, 6.45) is 0.396. The van der Waals surface area contributed by atoms with Crippen LogP contribution in [0.2, 0.25) is 5.02 Å². The molecule has 0 atom stereocenters. The van der Waals surface area contributed by atoms with Gasteiger partial charge in [-0.05, 0) is 41.8 Å². The van der Waals surface area contributed by atoms with Gasteiger partial charge in [-0.2, -0.15) is 11.8 Å². The molecule has 0 aromatic heterocycles. The standard InChI is InChI=1S/C19H22ClNO2S/c1-14-11-16(5-8-18(14)23-2)12-19(22)21-9-10-24-13-15-3-6-17(20)7-4-15/h3-8,11H,9-10,12-13H2,1-2H3,(H,21,22). The normalized spacial score (nSPS) is 10.5. The Morgan fingerprint density at radius 1 is 1.17 bits per heavy atom. The molecule has 2 aromatic rings. The molecule has 128 valence electrons. The lowest BCUT2D eigenvalue weighted by molar-refractivity contribution is -0.120. The number of methoxy groups -OCH3 is 1. The Bertz CT molecular complexity index is 674. The summed E-state index contributed by atoms with van der Waals surface area (Å²) in [7, 11) is 1.65. The lowest BCUT2D eigenvalue weighted by Crippen LogP contribution is -2.27. The fourth-order valence-corrected chi connectivity index (χ4v) is 3.28. The van der Waals surface area contributed by atoms with E-state index in [1.165, 1.54) is 5.56 Å². The van der Waals surface area contributed by atoms with E-state index in [1.54, 1.807) is 18.9 Å². The minimum Gasteiger partial charge on any atom is -0.496 e. The maximum Gasteiger partial charge on any atom is 0.224 e. The van der Waals surface area contributed by atoms with Gasteiger partial charge >= 0.3 is 0 Å². The summed E-state index contributed by atoms with van der Waals surface area (Å²) in [5, 5.41) is 3.72. The van der Waals surface area contributed by atoms with Crippen LogP contribution in [0.15, 0.2) is 42.5 Å². The van der Waals surface area contributed by atoms with Crippen molar-refractivity contribution < 1.29 is 9.53 Å². The maximum atomic E-state index is 12.0. The number of hydrogen-bond acceptors (Lipinski definition) is 3. The number of ether oxygens (including phenoxy) is 1. The van der Waals surface area contributed by atoms with E-state index in [0.717, 1.165) is 33.4 Å². The van der Waals surface area contributed by atoms with Gasteiger partial charge in [0.2, 0.25) is 5.91 Å². The molecule has 0 radical (unpaired) electrons. The number of halogens is 1. The van der Waals surface area contributed by atoms with Gasteiger partial charge < -0.3 is 10.1 Å².